The number of hydrogen-bond donors (Lipinski definition) is 0. The normalized spacial score (nSPS) is 27.1. The highest BCUT2D eigenvalue weighted by Gasteiger charge is 2.64. The van der Waals surface area contributed by atoms with Crippen molar-refractivity contribution >= 4 is 23.4 Å². The number of fused-ring (bicyclic) bond motifs is 1. The molecule has 0 amide bonds. The quantitative estimate of drug-likeness (QED) is 0.606. The molecule has 0 aliphatic heterocycles. The fourth-order valence-electron chi connectivity index (χ4n) is 4.00. The van der Waals surface area contributed by atoms with Gasteiger partial charge in [0.25, 0.3) is 5.17 Å². The van der Waals surface area contributed by atoms with E-state index < -0.39 is 0 Å². The Labute approximate surface area is 158 Å². The second-order valence-electron chi connectivity index (χ2n) is 7.17. The maximum atomic E-state index is 12.8. The van der Waals surface area contributed by atoms with Crippen molar-refractivity contribution in [3.05, 3.63) is 54.6 Å². The van der Waals surface area contributed by atoms with Crippen LogP contribution in [-0.4, -0.2) is 26.8 Å². The van der Waals surface area contributed by atoms with E-state index in [1.807, 2.05) is 30.3 Å². The third-order valence-corrected chi connectivity index (χ3v) is 5.84. The van der Waals surface area contributed by atoms with Crippen LogP contribution in [0.25, 0.3) is 0 Å². The molecule has 1 heterocycles. The average molecular weight is 370 g/mol. The molecule has 2 saturated carbocycles. The highest BCUT2D eigenvalue weighted by atomic mass is 32.1. The molecule has 6 heteroatoms. The zero-order chi connectivity index (χ0) is 18.0. The van der Waals surface area contributed by atoms with Crippen molar-refractivity contribution in [3.8, 4) is 0 Å². The van der Waals surface area contributed by atoms with Crippen molar-refractivity contribution < 1.29 is 14.3 Å². The molecule has 3 atom stereocenters. The van der Waals surface area contributed by atoms with Crippen molar-refractivity contribution in [1.29, 1.82) is 0 Å². The molecule has 1 aromatic heterocycles. The van der Waals surface area contributed by atoms with Gasteiger partial charge < -0.3 is 9.47 Å². The van der Waals surface area contributed by atoms with Crippen LogP contribution >= 0.6 is 12.2 Å². The molecule has 2 aliphatic rings. The molecule has 0 N–H and O–H groups in total. The number of rotatable bonds is 4. The van der Waals surface area contributed by atoms with E-state index in [1.54, 1.807) is 23.3 Å². The summed E-state index contributed by atoms with van der Waals surface area (Å²) in [5.41, 5.74) is 0.623. The van der Waals surface area contributed by atoms with Gasteiger partial charge >= 0.3 is 5.97 Å². The molecule has 2 fully saturated rings. The number of ether oxygens (including phenoxy) is 2. The summed E-state index contributed by atoms with van der Waals surface area (Å²) < 4.78 is 13.4. The van der Waals surface area contributed by atoms with Crippen molar-refractivity contribution in [2.24, 2.45) is 11.3 Å². The van der Waals surface area contributed by atoms with Gasteiger partial charge in [0.2, 0.25) is 0 Å². The van der Waals surface area contributed by atoms with E-state index >= 15 is 0 Å². The summed E-state index contributed by atoms with van der Waals surface area (Å²) in [5.74, 6) is 0.102. The molecule has 4 rings (SSSR count). The number of benzene rings is 1. The maximum Gasteiger partial charge on any atom is 0.312 e. The summed E-state index contributed by atoms with van der Waals surface area (Å²) in [6, 6.07) is 9.80. The van der Waals surface area contributed by atoms with Crippen LogP contribution in [0.3, 0.4) is 0 Å². The standard InChI is InChI=1S/C20H22N2O3S/c23-18(24-13-15-6-2-1-3-7-15)20-9-5-4-8-17(16(20)12-20)25-19(26)22-11-10-21-14-22/h1-3,6-7,10-11,14,16-17H,4-5,8-9,12-13H2. The number of imidazole rings is 1. The van der Waals surface area contributed by atoms with Crippen LogP contribution < -0.4 is 0 Å². The Morgan fingerprint density at radius 3 is 2.92 bits per heavy atom. The van der Waals surface area contributed by atoms with E-state index in [4.69, 9.17) is 21.7 Å². The molecular weight excluding hydrogens is 348 g/mol. The van der Waals surface area contributed by atoms with Gasteiger partial charge in [0.05, 0.1) is 5.41 Å². The van der Waals surface area contributed by atoms with Crippen LogP contribution in [0.15, 0.2) is 49.1 Å². The fourth-order valence-corrected chi connectivity index (χ4v) is 4.23. The highest BCUT2D eigenvalue weighted by molar-refractivity contribution is 7.80. The summed E-state index contributed by atoms with van der Waals surface area (Å²) in [6.45, 7) is 0.327. The Hall–Kier alpha value is -2.21. The smallest absolute Gasteiger partial charge is 0.312 e. The Bertz CT molecular complexity index is 778. The number of carbonyl (C=O) groups excluding carboxylic acids is 1. The molecule has 26 heavy (non-hydrogen) atoms. The van der Waals surface area contributed by atoms with Gasteiger partial charge in [-0.2, -0.15) is 0 Å². The van der Waals surface area contributed by atoms with Gasteiger partial charge in [-0.05, 0) is 43.5 Å². The lowest BCUT2D eigenvalue weighted by Gasteiger charge is -2.20. The largest absolute Gasteiger partial charge is 0.467 e. The van der Waals surface area contributed by atoms with E-state index in [0.29, 0.717) is 11.8 Å². The van der Waals surface area contributed by atoms with Gasteiger partial charge in [-0.3, -0.25) is 9.36 Å². The molecule has 0 spiro atoms. The SMILES string of the molecule is O=C(OCc1ccccc1)C12CCCCC(OC(=S)n3ccnc3)C1C2. The molecule has 1 aromatic carbocycles. The van der Waals surface area contributed by atoms with E-state index in [1.165, 1.54) is 0 Å². The zero-order valence-corrected chi connectivity index (χ0v) is 15.4. The van der Waals surface area contributed by atoms with Crippen LogP contribution in [0, 0.1) is 11.3 Å². The third kappa shape index (κ3) is 3.38. The number of aromatic nitrogens is 2. The van der Waals surface area contributed by atoms with Gasteiger partial charge in [0.1, 0.15) is 19.0 Å². The van der Waals surface area contributed by atoms with Gasteiger partial charge in [-0.1, -0.05) is 36.8 Å². The summed E-state index contributed by atoms with van der Waals surface area (Å²) >= 11 is 5.37. The summed E-state index contributed by atoms with van der Waals surface area (Å²) in [7, 11) is 0. The number of thiocarbonyl (C=S) groups is 1. The second-order valence-corrected chi connectivity index (χ2v) is 7.52. The fraction of sp³-hybridized carbons (Fsp3) is 0.450. The number of carbonyl (C=O) groups is 1. The van der Waals surface area contributed by atoms with Crippen LogP contribution in [0.1, 0.15) is 37.7 Å². The molecule has 0 radical (unpaired) electrons. The molecule has 0 saturated heterocycles. The second kappa shape index (κ2) is 7.19. The zero-order valence-electron chi connectivity index (χ0n) is 14.5. The summed E-state index contributed by atoms with van der Waals surface area (Å²) in [5, 5.41) is 0.396. The lowest BCUT2D eigenvalue weighted by atomic mass is 9.97. The van der Waals surface area contributed by atoms with Crippen molar-refractivity contribution in [1.82, 2.24) is 9.55 Å². The van der Waals surface area contributed by atoms with Crippen molar-refractivity contribution in [2.45, 2.75) is 44.8 Å². The summed E-state index contributed by atoms with van der Waals surface area (Å²) in [4.78, 5) is 16.8. The van der Waals surface area contributed by atoms with Crippen LogP contribution in [-0.2, 0) is 20.9 Å². The van der Waals surface area contributed by atoms with Gasteiger partial charge in [-0.15, -0.1) is 0 Å². The van der Waals surface area contributed by atoms with E-state index in [2.05, 4.69) is 4.98 Å². The molecule has 2 aromatic rings. The average Bonchev–Trinajstić information content (AvgIpc) is 3.18. The van der Waals surface area contributed by atoms with E-state index in [-0.39, 0.29) is 23.4 Å². The Morgan fingerprint density at radius 2 is 2.15 bits per heavy atom. The molecule has 3 unspecified atom stereocenters. The number of hydrogen-bond acceptors (Lipinski definition) is 5. The Morgan fingerprint density at radius 1 is 1.31 bits per heavy atom. The minimum absolute atomic E-state index is 0.0309. The molecule has 5 nitrogen and oxygen atoms in total. The predicted molar refractivity (Wildman–Crippen MR) is 100 cm³/mol. The van der Waals surface area contributed by atoms with Gasteiger partial charge in [0, 0.05) is 18.3 Å². The molecule has 136 valence electrons. The first kappa shape index (κ1) is 17.2. The molecule has 0 bridgehead atoms. The molecule has 2 aliphatic carbocycles. The Balaban J connectivity index is 1.40. The third-order valence-electron chi connectivity index (χ3n) is 5.53. The van der Waals surface area contributed by atoms with Crippen LogP contribution in [0.4, 0.5) is 0 Å². The van der Waals surface area contributed by atoms with Crippen molar-refractivity contribution in [2.75, 3.05) is 0 Å². The highest BCUT2D eigenvalue weighted by Crippen LogP contribution is 2.61. The lowest BCUT2D eigenvalue weighted by Crippen LogP contribution is -2.28. The first-order chi connectivity index (χ1) is 12.7. The van der Waals surface area contributed by atoms with Gasteiger partial charge in [-0.25, -0.2) is 4.98 Å². The number of nitrogens with zero attached hydrogens (tertiary/aromatic N) is 2. The van der Waals surface area contributed by atoms with Crippen LogP contribution in [0.2, 0.25) is 0 Å². The molecular formula is C20H22N2O3S. The van der Waals surface area contributed by atoms with Gasteiger partial charge in [0.15, 0.2) is 0 Å². The van der Waals surface area contributed by atoms with Crippen molar-refractivity contribution in [3.63, 3.8) is 0 Å². The Kier molecular flexibility index (Phi) is 4.76. The number of esters is 1. The van der Waals surface area contributed by atoms with E-state index in [0.717, 1.165) is 37.7 Å². The lowest BCUT2D eigenvalue weighted by molar-refractivity contribution is -0.153. The maximum absolute atomic E-state index is 12.8. The van der Waals surface area contributed by atoms with E-state index in [9.17, 15) is 4.79 Å². The predicted octanol–water partition coefficient (Wildman–Crippen LogP) is 3.73. The van der Waals surface area contributed by atoms with Crippen LogP contribution in [0.5, 0.6) is 0 Å². The topological polar surface area (TPSA) is 53.4 Å². The first-order valence-electron chi connectivity index (χ1n) is 9.09. The minimum Gasteiger partial charge on any atom is -0.467 e. The monoisotopic (exact) mass is 370 g/mol. The summed E-state index contributed by atoms with van der Waals surface area (Å²) in [6.07, 6.45) is 9.74. The first-order valence-corrected chi connectivity index (χ1v) is 9.50. The minimum atomic E-state index is -0.388.